The van der Waals surface area contributed by atoms with Gasteiger partial charge in [0.2, 0.25) is 0 Å². The third-order valence-corrected chi connectivity index (χ3v) is 6.84. The highest BCUT2D eigenvalue weighted by molar-refractivity contribution is 7.14. The predicted octanol–water partition coefficient (Wildman–Crippen LogP) is 3.01. The standard InChI is InChI=1S/C20H20N4O4S/c1-20-13-6-8-21-10-14(13)24(20)15(20)17(26)22-18-12(7-9-29-18)16(25)23-19(27)28-11-4-2-3-5-11/h6-11,15H,2-5H2,1H3,(H,22,26)(H,23,25,27)/t15?,20-,24?/m1/s1. The van der Waals surface area contributed by atoms with Crippen LogP contribution in [-0.4, -0.2) is 35.0 Å². The zero-order valence-electron chi connectivity index (χ0n) is 15.8. The van der Waals surface area contributed by atoms with Crippen LogP contribution in [0.2, 0.25) is 0 Å². The van der Waals surface area contributed by atoms with Crippen LogP contribution in [0.5, 0.6) is 0 Å². The molecule has 2 aromatic rings. The Morgan fingerprint density at radius 3 is 2.83 bits per heavy atom. The van der Waals surface area contributed by atoms with E-state index >= 15 is 0 Å². The number of nitrogens with one attached hydrogen (secondary N) is 2. The van der Waals surface area contributed by atoms with Crippen LogP contribution in [0.1, 0.15) is 48.5 Å². The monoisotopic (exact) mass is 412 g/mol. The Morgan fingerprint density at radius 1 is 1.28 bits per heavy atom. The molecule has 150 valence electrons. The van der Waals surface area contributed by atoms with Crippen LogP contribution in [0, 0.1) is 0 Å². The van der Waals surface area contributed by atoms with Gasteiger partial charge in [0, 0.05) is 11.8 Å². The normalized spacial score (nSPS) is 24.2. The average molecular weight is 412 g/mol. The molecule has 2 aliphatic heterocycles. The van der Waals surface area contributed by atoms with Crippen LogP contribution in [-0.2, 0) is 15.1 Å². The maximum Gasteiger partial charge on any atom is 0.414 e. The summed E-state index contributed by atoms with van der Waals surface area (Å²) in [6.07, 6.45) is 6.33. The molecule has 3 amide bonds. The lowest BCUT2D eigenvalue weighted by molar-refractivity contribution is -0.115. The molecule has 0 radical (unpaired) electrons. The van der Waals surface area contributed by atoms with Crippen LogP contribution in [0.4, 0.5) is 15.5 Å². The van der Waals surface area contributed by atoms with Crippen molar-refractivity contribution in [2.45, 2.75) is 50.3 Å². The van der Waals surface area contributed by atoms with Crippen molar-refractivity contribution in [1.82, 2.24) is 10.3 Å². The van der Waals surface area contributed by atoms with E-state index < -0.39 is 12.0 Å². The first-order valence-corrected chi connectivity index (χ1v) is 10.5. The van der Waals surface area contributed by atoms with E-state index in [4.69, 9.17) is 4.74 Å². The van der Waals surface area contributed by atoms with E-state index in [9.17, 15) is 14.4 Å². The van der Waals surface area contributed by atoms with Crippen molar-refractivity contribution in [1.29, 1.82) is 0 Å². The van der Waals surface area contributed by atoms with Gasteiger partial charge in [-0.15, -0.1) is 11.3 Å². The number of aromatic nitrogens is 1. The summed E-state index contributed by atoms with van der Waals surface area (Å²) in [5, 5.41) is 7.22. The number of imide groups is 1. The molecule has 1 unspecified atom stereocenters. The maximum absolute atomic E-state index is 12.8. The second-order valence-corrected chi connectivity index (χ2v) is 8.65. The second kappa shape index (κ2) is 6.55. The molecule has 0 aromatic carbocycles. The van der Waals surface area contributed by atoms with Gasteiger partial charge in [0.25, 0.3) is 11.8 Å². The number of hydrogen-bond donors (Lipinski definition) is 2. The largest absolute Gasteiger partial charge is 0.446 e. The molecule has 2 aromatic heterocycles. The summed E-state index contributed by atoms with van der Waals surface area (Å²) in [7, 11) is 0. The SMILES string of the molecule is C[C@]12c3ccncc3N1C2C(=O)Nc1sccc1C(=O)NC(=O)OC1CCCC1. The number of pyridine rings is 1. The van der Waals surface area contributed by atoms with E-state index in [2.05, 4.69) is 15.6 Å². The maximum atomic E-state index is 12.8. The summed E-state index contributed by atoms with van der Waals surface area (Å²) in [5.74, 6) is -0.768. The fraction of sp³-hybridized carbons (Fsp3) is 0.400. The van der Waals surface area contributed by atoms with Crippen LogP contribution in [0.15, 0.2) is 29.9 Å². The molecule has 2 fully saturated rings. The minimum absolute atomic E-state index is 0.124. The Kier molecular flexibility index (Phi) is 4.09. The van der Waals surface area contributed by atoms with E-state index in [1.807, 2.05) is 17.9 Å². The fourth-order valence-electron chi connectivity index (χ4n) is 4.49. The number of rotatable bonds is 4. The molecule has 3 aliphatic rings. The van der Waals surface area contributed by atoms with E-state index in [1.165, 1.54) is 11.3 Å². The van der Waals surface area contributed by atoms with E-state index in [0.717, 1.165) is 36.9 Å². The number of carbonyl (C=O) groups excluding carboxylic acids is 3. The zero-order chi connectivity index (χ0) is 20.2. The number of carbonyl (C=O) groups is 3. The Labute approximate surface area is 171 Å². The number of alkyl carbamates (subject to hydrolysis) is 1. The lowest BCUT2D eigenvalue weighted by atomic mass is 9.92. The number of amides is 3. The Hall–Kier alpha value is -2.94. The van der Waals surface area contributed by atoms with Gasteiger partial charge < -0.3 is 15.0 Å². The molecule has 0 spiro atoms. The number of ether oxygens (including phenoxy) is 1. The van der Waals surface area contributed by atoms with Crippen molar-refractivity contribution in [2.75, 3.05) is 10.2 Å². The smallest absolute Gasteiger partial charge is 0.414 e. The second-order valence-electron chi connectivity index (χ2n) is 7.73. The molecule has 2 N–H and O–H groups in total. The molecule has 5 rings (SSSR count). The van der Waals surface area contributed by atoms with Gasteiger partial charge in [0.05, 0.1) is 23.0 Å². The number of thiophene rings is 1. The van der Waals surface area contributed by atoms with Gasteiger partial charge in [-0.05, 0) is 50.1 Å². The molecule has 1 aliphatic carbocycles. The van der Waals surface area contributed by atoms with Gasteiger partial charge in [0.15, 0.2) is 0 Å². The van der Waals surface area contributed by atoms with Crippen LogP contribution >= 0.6 is 11.3 Å². The van der Waals surface area contributed by atoms with Gasteiger partial charge in [-0.1, -0.05) is 0 Å². The highest BCUT2D eigenvalue weighted by atomic mass is 32.1. The third-order valence-electron chi connectivity index (χ3n) is 6.01. The molecular weight excluding hydrogens is 392 g/mol. The molecule has 8 nitrogen and oxygen atoms in total. The highest BCUT2D eigenvalue weighted by Crippen LogP contribution is 2.64. The van der Waals surface area contributed by atoms with Crippen molar-refractivity contribution >= 4 is 39.9 Å². The molecule has 4 heterocycles. The molecule has 29 heavy (non-hydrogen) atoms. The molecule has 9 heteroatoms. The first-order valence-electron chi connectivity index (χ1n) is 9.64. The van der Waals surface area contributed by atoms with Crippen molar-refractivity contribution in [2.24, 2.45) is 0 Å². The summed E-state index contributed by atoms with van der Waals surface area (Å²) >= 11 is 1.24. The average Bonchev–Trinajstić information content (AvgIpc) is 3.14. The lowest BCUT2D eigenvalue weighted by Gasteiger charge is -2.26. The summed E-state index contributed by atoms with van der Waals surface area (Å²) < 4.78 is 5.27. The minimum Gasteiger partial charge on any atom is -0.446 e. The summed E-state index contributed by atoms with van der Waals surface area (Å²) in [5.41, 5.74) is 2.01. The Balaban J connectivity index is 1.23. The number of anilines is 2. The van der Waals surface area contributed by atoms with Gasteiger partial charge in [-0.2, -0.15) is 0 Å². The summed E-state index contributed by atoms with van der Waals surface area (Å²) in [4.78, 5) is 43.4. The zero-order valence-corrected chi connectivity index (χ0v) is 16.6. The van der Waals surface area contributed by atoms with E-state index in [-0.39, 0.29) is 29.2 Å². The van der Waals surface area contributed by atoms with Gasteiger partial charge in [-0.25, -0.2) is 4.79 Å². The fourth-order valence-corrected chi connectivity index (χ4v) is 5.28. The van der Waals surface area contributed by atoms with Gasteiger partial charge >= 0.3 is 6.09 Å². The summed E-state index contributed by atoms with van der Waals surface area (Å²) in [6, 6.07) is 3.19. The van der Waals surface area contributed by atoms with Crippen molar-refractivity contribution in [3.8, 4) is 0 Å². The Bertz CT molecular complexity index is 1020. The van der Waals surface area contributed by atoms with Crippen LogP contribution in [0.25, 0.3) is 0 Å². The van der Waals surface area contributed by atoms with Crippen molar-refractivity contribution in [3.05, 3.63) is 41.0 Å². The molecule has 0 bridgehead atoms. The molecule has 2 atom stereocenters. The van der Waals surface area contributed by atoms with Crippen molar-refractivity contribution in [3.63, 3.8) is 0 Å². The summed E-state index contributed by atoms with van der Waals surface area (Å²) in [6.45, 7) is 2.01. The van der Waals surface area contributed by atoms with Crippen LogP contribution in [0.3, 0.4) is 0 Å². The molecular formula is C20H20N4O4S. The van der Waals surface area contributed by atoms with E-state index in [1.54, 1.807) is 23.8 Å². The lowest BCUT2D eigenvalue weighted by Crippen LogP contribution is -2.33. The highest BCUT2D eigenvalue weighted by Gasteiger charge is 2.72. The minimum atomic E-state index is -0.743. The van der Waals surface area contributed by atoms with Gasteiger partial charge in [-0.3, -0.25) is 19.9 Å². The van der Waals surface area contributed by atoms with Crippen molar-refractivity contribution < 1.29 is 19.1 Å². The first kappa shape index (κ1) is 18.1. The molecule has 1 saturated heterocycles. The first-order chi connectivity index (χ1) is 14.0. The van der Waals surface area contributed by atoms with Gasteiger partial charge in [0.1, 0.15) is 17.1 Å². The molecule has 1 saturated carbocycles. The van der Waals surface area contributed by atoms with Crippen LogP contribution < -0.4 is 15.5 Å². The van der Waals surface area contributed by atoms with E-state index in [0.29, 0.717) is 5.00 Å². The Morgan fingerprint density at radius 2 is 2.07 bits per heavy atom. The number of fused-ring (bicyclic) bond motifs is 4. The number of hydrogen-bond acceptors (Lipinski definition) is 7. The third kappa shape index (κ3) is 2.79. The quantitative estimate of drug-likeness (QED) is 0.749. The predicted molar refractivity (Wildman–Crippen MR) is 107 cm³/mol. The number of nitrogens with zero attached hydrogens (tertiary/aromatic N) is 2. The topological polar surface area (TPSA) is 100 Å².